The second kappa shape index (κ2) is 3.75. The van der Waals surface area contributed by atoms with Crippen LogP contribution in [0.4, 0.5) is 0 Å². The van der Waals surface area contributed by atoms with E-state index in [1.807, 2.05) is 18.1 Å². The summed E-state index contributed by atoms with van der Waals surface area (Å²) >= 11 is 5.35. The molecule has 1 aliphatic heterocycles. The van der Waals surface area contributed by atoms with Gasteiger partial charge < -0.3 is 4.57 Å². The average Bonchev–Trinajstić information content (AvgIpc) is 2.85. The number of aromatic nitrogens is 4. The molecule has 2 aromatic rings. The first kappa shape index (κ1) is 9.59. The molecule has 0 amide bonds. The van der Waals surface area contributed by atoms with Crippen LogP contribution in [0.25, 0.3) is 11.2 Å². The van der Waals surface area contributed by atoms with Gasteiger partial charge in [0.2, 0.25) is 0 Å². The lowest BCUT2D eigenvalue weighted by Crippen LogP contribution is -2.01. The van der Waals surface area contributed by atoms with E-state index >= 15 is 0 Å². The number of imidazole rings is 1. The van der Waals surface area contributed by atoms with Crippen molar-refractivity contribution in [2.75, 3.05) is 5.75 Å². The zero-order valence-corrected chi connectivity index (χ0v) is 10.3. The van der Waals surface area contributed by atoms with Crippen molar-refractivity contribution in [3.63, 3.8) is 0 Å². The van der Waals surface area contributed by atoms with Crippen molar-refractivity contribution in [1.29, 1.82) is 0 Å². The molecule has 0 aromatic carbocycles. The summed E-state index contributed by atoms with van der Waals surface area (Å²) in [7, 11) is 0. The van der Waals surface area contributed by atoms with Gasteiger partial charge in [0.15, 0.2) is 5.65 Å². The number of hydrogen-bond acceptors (Lipinski definition) is 4. The van der Waals surface area contributed by atoms with Gasteiger partial charge in [-0.25, -0.2) is 15.0 Å². The van der Waals surface area contributed by atoms with E-state index in [1.165, 1.54) is 18.6 Å². The Hall–Kier alpha value is -0.620. The van der Waals surface area contributed by atoms with Crippen LogP contribution >= 0.6 is 27.7 Å². The van der Waals surface area contributed by atoms with E-state index in [9.17, 15) is 0 Å². The molecule has 1 fully saturated rings. The summed E-state index contributed by atoms with van der Waals surface area (Å²) in [5.74, 6) is 1.23. The van der Waals surface area contributed by atoms with E-state index < -0.39 is 0 Å². The summed E-state index contributed by atoms with van der Waals surface area (Å²) in [4.78, 5) is 12.7. The molecule has 3 heterocycles. The lowest BCUT2D eigenvalue weighted by atomic mass is 10.3. The molecule has 0 spiro atoms. The first-order chi connectivity index (χ1) is 7.36. The summed E-state index contributed by atoms with van der Waals surface area (Å²) in [5, 5.41) is 0.497. The molecule has 0 radical (unpaired) electrons. The van der Waals surface area contributed by atoms with E-state index in [4.69, 9.17) is 0 Å². The predicted molar refractivity (Wildman–Crippen MR) is 63.8 cm³/mol. The molecule has 1 saturated heterocycles. The van der Waals surface area contributed by atoms with E-state index in [2.05, 4.69) is 35.4 Å². The van der Waals surface area contributed by atoms with Crippen LogP contribution in [-0.2, 0) is 0 Å². The van der Waals surface area contributed by atoms with Gasteiger partial charge in [0, 0.05) is 0 Å². The molecule has 6 heteroatoms. The number of nitrogens with zero attached hydrogens (tertiary/aromatic N) is 4. The zero-order chi connectivity index (χ0) is 10.3. The molecular weight excluding hydrogens is 276 g/mol. The largest absolute Gasteiger partial charge is 0.302 e. The molecule has 0 N–H and O–H groups in total. The molecular formula is C9H9BrN4S. The predicted octanol–water partition coefficient (Wildman–Crippen LogP) is 2.61. The van der Waals surface area contributed by atoms with Gasteiger partial charge in [-0.3, -0.25) is 0 Å². The van der Waals surface area contributed by atoms with Crippen LogP contribution in [0.2, 0.25) is 0 Å². The number of hydrogen-bond donors (Lipinski definition) is 0. The Morgan fingerprint density at radius 2 is 2.33 bits per heavy atom. The number of thioether (sulfide) groups is 1. The van der Waals surface area contributed by atoms with Crippen molar-refractivity contribution in [1.82, 2.24) is 19.5 Å². The fourth-order valence-corrected chi connectivity index (χ4v) is 3.44. The Labute approximate surface area is 99.6 Å². The normalized spacial score (nSPS) is 21.3. The van der Waals surface area contributed by atoms with Crippen LogP contribution in [0.3, 0.4) is 0 Å². The number of fused-ring (bicyclic) bond motifs is 1. The molecule has 0 bridgehead atoms. The second-order valence-electron chi connectivity index (χ2n) is 3.46. The Morgan fingerprint density at radius 1 is 1.40 bits per heavy atom. The third kappa shape index (κ3) is 1.56. The molecule has 1 aliphatic rings. The first-order valence-electron chi connectivity index (χ1n) is 4.81. The van der Waals surface area contributed by atoms with Gasteiger partial charge in [0.05, 0.1) is 11.7 Å². The van der Waals surface area contributed by atoms with E-state index in [1.54, 1.807) is 6.33 Å². The van der Waals surface area contributed by atoms with Crippen LogP contribution in [0.1, 0.15) is 18.2 Å². The van der Waals surface area contributed by atoms with Crippen LogP contribution in [0.15, 0.2) is 17.3 Å². The average molecular weight is 285 g/mol. The van der Waals surface area contributed by atoms with Crippen LogP contribution in [0, 0.1) is 0 Å². The molecule has 0 unspecified atom stereocenters. The Balaban J connectivity index is 2.15. The number of halogens is 1. The first-order valence-corrected chi connectivity index (χ1v) is 6.65. The summed E-state index contributed by atoms with van der Waals surface area (Å²) < 4.78 is 2.92. The summed E-state index contributed by atoms with van der Waals surface area (Å²) in [5.41, 5.74) is 1.78. The lowest BCUT2D eigenvalue weighted by Gasteiger charge is -2.10. The minimum absolute atomic E-state index is 0.497. The summed E-state index contributed by atoms with van der Waals surface area (Å²) in [6.45, 7) is 0. The molecule has 4 nitrogen and oxygen atoms in total. The second-order valence-corrected chi connectivity index (χ2v) is 5.49. The maximum atomic E-state index is 4.34. The van der Waals surface area contributed by atoms with Crippen molar-refractivity contribution in [2.24, 2.45) is 0 Å². The standard InChI is InChI=1S/C9H9BrN4S/c10-8-7-9(12-4-11-8)14(5-13-7)6-2-1-3-15-6/h4-6H,1-3H2/t6-/m0/s1. The summed E-state index contributed by atoms with van der Waals surface area (Å²) in [6.07, 6.45) is 5.93. The lowest BCUT2D eigenvalue weighted by molar-refractivity contribution is 0.654. The third-order valence-electron chi connectivity index (χ3n) is 2.53. The van der Waals surface area contributed by atoms with E-state index in [0.29, 0.717) is 5.37 Å². The van der Waals surface area contributed by atoms with Gasteiger partial charge in [-0.15, -0.1) is 11.8 Å². The molecule has 0 aliphatic carbocycles. The molecule has 2 aromatic heterocycles. The maximum Gasteiger partial charge on any atom is 0.165 e. The highest BCUT2D eigenvalue weighted by Gasteiger charge is 2.20. The van der Waals surface area contributed by atoms with Crippen molar-refractivity contribution in [3.05, 3.63) is 17.3 Å². The van der Waals surface area contributed by atoms with Crippen molar-refractivity contribution in [2.45, 2.75) is 18.2 Å². The smallest absolute Gasteiger partial charge is 0.165 e. The van der Waals surface area contributed by atoms with Crippen molar-refractivity contribution < 1.29 is 0 Å². The molecule has 15 heavy (non-hydrogen) atoms. The van der Waals surface area contributed by atoms with E-state index in [-0.39, 0.29) is 0 Å². The van der Waals surface area contributed by atoms with Crippen molar-refractivity contribution >= 4 is 38.9 Å². The fraction of sp³-hybridized carbons (Fsp3) is 0.444. The van der Waals surface area contributed by atoms with Gasteiger partial charge in [-0.1, -0.05) is 0 Å². The van der Waals surface area contributed by atoms with Gasteiger partial charge in [0.1, 0.15) is 16.4 Å². The molecule has 3 rings (SSSR count). The summed E-state index contributed by atoms with van der Waals surface area (Å²) in [6, 6.07) is 0. The fourth-order valence-electron chi connectivity index (χ4n) is 1.81. The third-order valence-corrected chi connectivity index (χ3v) is 4.48. The molecule has 0 saturated carbocycles. The SMILES string of the molecule is Brc1ncnc2c1ncn2[C@@H]1CCCS1. The highest BCUT2D eigenvalue weighted by atomic mass is 79.9. The van der Waals surface area contributed by atoms with E-state index in [0.717, 1.165) is 15.8 Å². The quantitative estimate of drug-likeness (QED) is 0.755. The Bertz CT molecular complexity index is 492. The highest BCUT2D eigenvalue weighted by Crippen LogP contribution is 2.37. The topological polar surface area (TPSA) is 43.6 Å². The Kier molecular flexibility index (Phi) is 2.40. The molecule has 1 atom stereocenters. The highest BCUT2D eigenvalue weighted by molar-refractivity contribution is 9.10. The van der Waals surface area contributed by atoms with Gasteiger partial charge in [-0.05, 0) is 34.5 Å². The van der Waals surface area contributed by atoms with Crippen LogP contribution < -0.4 is 0 Å². The van der Waals surface area contributed by atoms with Gasteiger partial charge in [-0.2, -0.15) is 0 Å². The Morgan fingerprint density at radius 3 is 3.13 bits per heavy atom. The number of rotatable bonds is 1. The van der Waals surface area contributed by atoms with Crippen molar-refractivity contribution in [3.8, 4) is 0 Å². The van der Waals surface area contributed by atoms with Gasteiger partial charge in [0.25, 0.3) is 0 Å². The minimum atomic E-state index is 0.497. The zero-order valence-electron chi connectivity index (χ0n) is 7.93. The molecule has 78 valence electrons. The monoisotopic (exact) mass is 284 g/mol. The van der Waals surface area contributed by atoms with Gasteiger partial charge >= 0.3 is 0 Å². The van der Waals surface area contributed by atoms with Crippen LogP contribution in [0.5, 0.6) is 0 Å². The van der Waals surface area contributed by atoms with Crippen LogP contribution in [-0.4, -0.2) is 25.3 Å². The minimum Gasteiger partial charge on any atom is -0.302 e. The maximum absolute atomic E-state index is 4.34.